The minimum Gasteiger partial charge on any atom is -0.493 e. The number of carbonyl (C=O) groups is 1. The van der Waals surface area contributed by atoms with Crippen molar-refractivity contribution in [3.05, 3.63) is 46.5 Å². The molecule has 0 spiro atoms. The zero-order chi connectivity index (χ0) is 18.1. The first kappa shape index (κ1) is 17.4. The molecule has 6 heteroatoms. The van der Waals surface area contributed by atoms with E-state index < -0.39 is 0 Å². The van der Waals surface area contributed by atoms with Crippen LogP contribution < -0.4 is 19.1 Å². The number of halogens is 1. The Kier molecular flexibility index (Phi) is 4.77. The van der Waals surface area contributed by atoms with E-state index in [0.717, 1.165) is 17.7 Å². The predicted molar refractivity (Wildman–Crippen MR) is 97.5 cm³/mol. The number of hydrogen-bond acceptors (Lipinski definition) is 4. The van der Waals surface area contributed by atoms with Gasteiger partial charge in [-0.3, -0.25) is 4.79 Å². The van der Waals surface area contributed by atoms with Crippen molar-refractivity contribution in [1.29, 1.82) is 0 Å². The topological polar surface area (TPSA) is 48.0 Å². The highest BCUT2D eigenvalue weighted by atomic mass is 35.5. The van der Waals surface area contributed by atoms with Crippen molar-refractivity contribution in [2.75, 3.05) is 26.2 Å². The van der Waals surface area contributed by atoms with Crippen LogP contribution in [0.3, 0.4) is 0 Å². The van der Waals surface area contributed by atoms with E-state index in [0.29, 0.717) is 27.8 Å². The Hall–Kier alpha value is -2.40. The molecule has 1 heterocycles. The van der Waals surface area contributed by atoms with Gasteiger partial charge < -0.3 is 19.1 Å². The fraction of sp³-hybridized carbons (Fsp3) is 0.316. The normalized spacial score (nSPS) is 15.7. The van der Waals surface area contributed by atoms with Gasteiger partial charge in [-0.1, -0.05) is 17.7 Å². The first-order chi connectivity index (χ1) is 12.0. The molecular weight excluding hydrogens is 342 g/mol. The smallest absolute Gasteiger partial charge is 0.258 e. The summed E-state index contributed by atoms with van der Waals surface area (Å²) >= 11 is 6.13. The van der Waals surface area contributed by atoms with Gasteiger partial charge in [-0.25, -0.2) is 0 Å². The molecule has 5 nitrogen and oxygen atoms in total. The van der Waals surface area contributed by atoms with Crippen LogP contribution >= 0.6 is 11.6 Å². The third-order valence-corrected chi connectivity index (χ3v) is 4.63. The average molecular weight is 362 g/mol. The van der Waals surface area contributed by atoms with E-state index in [-0.39, 0.29) is 11.9 Å². The van der Waals surface area contributed by atoms with Crippen LogP contribution in [0.5, 0.6) is 17.2 Å². The molecule has 0 N–H and O–H groups in total. The predicted octanol–water partition coefficient (Wildman–Crippen LogP) is 3.96. The van der Waals surface area contributed by atoms with E-state index in [1.165, 1.54) is 21.3 Å². The van der Waals surface area contributed by atoms with E-state index in [1.54, 1.807) is 17.0 Å². The Balaban J connectivity index is 2.06. The van der Waals surface area contributed by atoms with Gasteiger partial charge in [-0.2, -0.15) is 0 Å². The van der Waals surface area contributed by atoms with Crippen LogP contribution in [0.2, 0.25) is 5.02 Å². The Bertz CT molecular complexity index is 796. The number of nitrogens with zero attached hydrogens (tertiary/aromatic N) is 1. The molecule has 1 atom stereocenters. The zero-order valence-corrected chi connectivity index (χ0v) is 15.4. The number of rotatable bonds is 4. The first-order valence-corrected chi connectivity index (χ1v) is 8.30. The number of amides is 1. The van der Waals surface area contributed by atoms with Gasteiger partial charge in [0.25, 0.3) is 5.91 Å². The molecular formula is C19H20ClNO4. The standard InChI is InChI=1S/C19H20ClNO4/c1-11-7-12-5-6-14(20)10-15(12)21(11)19(22)13-8-16(23-2)18(25-4)17(9-13)24-3/h5-6,8-11H,7H2,1-4H3. The minimum atomic E-state index is -0.132. The highest BCUT2D eigenvalue weighted by Gasteiger charge is 2.32. The molecule has 0 radical (unpaired) electrons. The molecule has 0 saturated heterocycles. The molecule has 2 aromatic carbocycles. The number of ether oxygens (including phenoxy) is 3. The molecule has 0 saturated carbocycles. The number of benzene rings is 2. The number of fused-ring (bicyclic) bond motifs is 1. The largest absolute Gasteiger partial charge is 0.493 e. The van der Waals surface area contributed by atoms with Crippen molar-refractivity contribution in [2.24, 2.45) is 0 Å². The molecule has 2 aromatic rings. The fourth-order valence-electron chi connectivity index (χ4n) is 3.23. The third kappa shape index (κ3) is 3.00. The van der Waals surface area contributed by atoms with Crippen molar-refractivity contribution in [1.82, 2.24) is 0 Å². The Morgan fingerprint density at radius 2 is 1.72 bits per heavy atom. The Labute approximate surface area is 152 Å². The zero-order valence-electron chi connectivity index (χ0n) is 14.6. The van der Waals surface area contributed by atoms with Crippen LogP contribution in [0.25, 0.3) is 0 Å². The van der Waals surface area contributed by atoms with Crippen LogP contribution in [0.15, 0.2) is 30.3 Å². The van der Waals surface area contributed by atoms with Crippen molar-refractivity contribution >= 4 is 23.2 Å². The lowest BCUT2D eigenvalue weighted by Crippen LogP contribution is -2.35. The molecule has 0 aliphatic carbocycles. The van der Waals surface area contributed by atoms with E-state index in [9.17, 15) is 4.79 Å². The van der Waals surface area contributed by atoms with Crippen molar-refractivity contribution in [3.63, 3.8) is 0 Å². The molecule has 0 aromatic heterocycles. The van der Waals surface area contributed by atoms with E-state index in [4.69, 9.17) is 25.8 Å². The van der Waals surface area contributed by atoms with Crippen LogP contribution in [-0.2, 0) is 6.42 Å². The number of carbonyl (C=O) groups excluding carboxylic acids is 1. The molecule has 1 amide bonds. The lowest BCUT2D eigenvalue weighted by molar-refractivity contribution is 0.0980. The van der Waals surface area contributed by atoms with Crippen molar-refractivity contribution < 1.29 is 19.0 Å². The van der Waals surface area contributed by atoms with Crippen molar-refractivity contribution in [2.45, 2.75) is 19.4 Å². The van der Waals surface area contributed by atoms with Crippen LogP contribution in [0, 0.1) is 0 Å². The summed E-state index contributed by atoms with van der Waals surface area (Å²) in [5.74, 6) is 1.22. The summed E-state index contributed by atoms with van der Waals surface area (Å²) in [4.78, 5) is 15.0. The second-order valence-electron chi connectivity index (χ2n) is 5.92. The summed E-state index contributed by atoms with van der Waals surface area (Å²) < 4.78 is 16.0. The van der Waals surface area contributed by atoms with Gasteiger partial charge in [0.2, 0.25) is 5.75 Å². The summed E-state index contributed by atoms with van der Waals surface area (Å²) in [7, 11) is 4.58. The molecule has 25 heavy (non-hydrogen) atoms. The Morgan fingerprint density at radius 3 is 2.28 bits per heavy atom. The lowest BCUT2D eigenvalue weighted by atomic mass is 10.1. The van der Waals surface area contributed by atoms with E-state index >= 15 is 0 Å². The maximum absolute atomic E-state index is 13.2. The lowest BCUT2D eigenvalue weighted by Gasteiger charge is -2.24. The first-order valence-electron chi connectivity index (χ1n) is 7.92. The summed E-state index contributed by atoms with van der Waals surface area (Å²) in [5, 5.41) is 0.607. The number of hydrogen-bond donors (Lipinski definition) is 0. The van der Waals surface area contributed by atoms with Gasteiger partial charge in [0.1, 0.15) is 0 Å². The monoisotopic (exact) mass is 361 g/mol. The molecule has 0 bridgehead atoms. The SMILES string of the molecule is COc1cc(C(=O)N2c3cc(Cl)ccc3CC2C)cc(OC)c1OC. The highest BCUT2D eigenvalue weighted by Crippen LogP contribution is 2.40. The number of methoxy groups -OCH3 is 3. The van der Waals surface area contributed by atoms with Gasteiger partial charge in [0, 0.05) is 22.3 Å². The average Bonchev–Trinajstić information content (AvgIpc) is 2.94. The van der Waals surface area contributed by atoms with Crippen LogP contribution in [0.4, 0.5) is 5.69 Å². The quantitative estimate of drug-likeness (QED) is 0.827. The van der Waals surface area contributed by atoms with Gasteiger partial charge in [-0.05, 0) is 43.2 Å². The maximum atomic E-state index is 13.2. The third-order valence-electron chi connectivity index (χ3n) is 4.39. The summed E-state index contributed by atoms with van der Waals surface area (Å²) in [6.07, 6.45) is 0.794. The second kappa shape index (κ2) is 6.84. The van der Waals surface area contributed by atoms with Gasteiger partial charge in [0.05, 0.1) is 21.3 Å². The maximum Gasteiger partial charge on any atom is 0.258 e. The molecule has 1 aliphatic rings. The Morgan fingerprint density at radius 1 is 1.08 bits per heavy atom. The summed E-state index contributed by atoms with van der Waals surface area (Å²) in [6.45, 7) is 2.02. The molecule has 1 unspecified atom stereocenters. The molecule has 1 aliphatic heterocycles. The minimum absolute atomic E-state index is 0.0417. The molecule has 0 fully saturated rings. The highest BCUT2D eigenvalue weighted by molar-refractivity contribution is 6.31. The number of anilines is 1. The molecule has 132 valence electrons. The van der Waals surface area contributed by atoms with E-state index in [1.807, 2.05) is 25.1 Å². The van der Waals surface area contributed by atoms with Gasteiger partial charge in [0.15, 0.2) is 11.5 Å². The van der Waals surface area contributed by atoms with Crippen LogP contribution in [0.1, 0.15) is 22.8 Å². The molecule has 3 rings (SSSR count). The van der Waals surface area contributed by atoms with Crippen molar-refractivity contribution in [3.8, 4) is 17.2 Å². The summed E-state index contributed by atoms with van der Waals surface area (Å²) in [6, 6.07) is 9.02. The van der Waals surface area contributed by atoms with E-state index in [2.05, 4.69) is 0 Å². The van der Waals surface area contributed by atoms with Crippen LogP contribution in [-0.4, -0.2) is 33.3 Å². The second-order valence-corrected chi connectivity index (χ2v) is 6.35. The van der Waals surface area contributed by atoms with Gasteiger partial charge >= 0.3 is 0 Å². The summed E-state index contributed by atoms with van der Waals surface area (Å²) in [5.41, 5.74) is 2.42. The fourth-order valence-corrected chi connectivity index (χ4v) is 3.40. The van der Waals surface area contributed by atoms with Gasteiger partial charge in [-0.15, -0.1) is 0 Å².